The van der Waals surface area contributed by atoms with Crippen molar-refractivity contribution < 1.29 is 14.3 Å². The van der Waals surface area contributed by atoms with Crippen molar-refractivity contribution in [2.75, 3.05) is 12.4 Å². The number of ether oxygens (including phenoxy) is 1. The molecule has 6 nitrogen and oxygen atoms in total. The van der Waals surface area contributed by atoms with Crippen LogP contribution in [0.4, 0.5) is 5.13 Å². The fourth-order valence-corrected chi connectivity index (χ4v) is 3.20. The second-order valence-electron chi connectivity index (χ2n) is 4.78. The smallest absolute Gasteiger partial charge is 0.350 e. The average Bonchev–Trinajstić information content (AvgIpc) is 3.05. The quantitative estimate of drug-likeness (QED) is 0.863. The Kier molecular flexibility index (Phi) is 4.04. The minimum absolute atomic E-state index is 0.328. The number of carbonyl (C=O) groups excluding carboxylic acids is 2. The lowest BCUT2D eigenvalue weighted by Crippen LogP contribution is -2.32. The number of nitrogens with zero attached hydrogens (tertiary/aromatic N) is 2. The first kappa shape index (κ1) is 14.5. The van der Waals surface area contributed by atoms with E-state index in [1.807, 2.05) is 0 Å². The van der Waals surface area contributed by atoms with E-state index in [4.69, 9.17) is 0 Å². The van der Waals surface area contributed by atoms with Gasteiger partial charge in [0.15, 0.2) is 5.13 Å². The molecule has 7 heteroatoms. The Morgan fingerprint density at radius 1 is 1.45 bits per heavy atom. The van der Waals surface area contributed by atoms with Gasteiger partial charge in [0, 0.05) is 0 Å². The molecule has 0 unspecified atom stereocenters. The number of hydrogen-bond acceptors (Lipinski definition) is 6. The zero-order chi connectivity index (χ0) is 14.8. The van der Waals surface area contributed by atoms with Crippen molar-refractivity contribution in [2.24, 2.45) is 5.41 Å². The van der Waals surface area contributed by atoms with E-state index in [0.29, 0.717) is 28.5 Å². The van der Waals surface area contributed by atoms with Gasteiger partial charge in [-0.1, -0.05) is 24.2 Å². The van der Waals surface area contributed by atoms with Gasteiger partial charge in [-0.05, 0) is 19.8 Å². The van der Waals surface area contributed by atoms with E-state index in [2.05, 4.69) is 21.1 Å². The second-order valence-corrected chi connectivity index (χ2v) is 5.78. The SMILES string of the molecule is COC(=O)c1sc(NC(=O)C2(C#N)CCCC2)nc1C. The fourth-order valence-electron chi connectivity index (χ4n) is 2.32. The Hall–Kier alpha value is -1.94. The molecule has 106 valence electrons. The highest BCUT2D eigenvalue weighted by Gasteiger charge is 2.41. The molecule has 0 spiro atoms. The number of nitriles is 1. The number of amides is 1. The van der Waals surface area contributed by atoms with Gasteiger partial charge in [-0.15, -0.1) is 0 Å². The highest BCUT2D eigenvalue weighted by Crippen LogP contribution is 2.38. The summed E-state index contributed by atoms with van der Waals surface area (Å²) >= 11 is 1.06. The molecule has 0 saturated heterocycles. The van der Waals surface area contributed by atoms with Gasteiger partial charge in [0.05, 0.1) is 18.9 Å². The summed E-state index contributed by atoms with van der Waals surface area (Å²) in [5, 5.41) is 12.2. The molecule has 1 fully saturated rings. The number of esters is 1. The molecule has 1 heterocycles. The number of rotatable bonds is 3. The number of aromatic nitrogens is 1. The monoisotopic (exact) mass is 293 g/mol. The van der Waals surface area contributed by atoms with Crippen molar-refractivity contribution in [1.82, 2.24) is 4.98 Å². The van der Waals surface area contributed by atoms with Crippen LogP contribution in [0.2, 0.25) is 0 Å². The van der Waals surface area contributed by atoms with Gasteiger partial charge in [-0.25, -0.2) is 9.78 Å². The molecule has 0 atom stereocenters. The highest BCUT2D eigenvalue weighted by molar-refractivity contribution is 7.17. The summed E-state index contributed by atoms with van der Waals surface area (Å²) in [7, 11) is 1.29. The number of hydrogen-bond donors (Lipinski definition) is 1. The second kappa shape index (κ2) is 5.59. The molecule has 1 N–H and O–H groups in total. The van der Waals surface area contributed by atoms with E-state index in [9.17, 15) is 14.9 Å². The van der Waals surface area contributed by atoms with Crippen LogP contribution >= 0.6 is 11.3 Å². The lowest BCUT2D eigenvalue weighted by Gasteiger charge is -2.17. The van der Waals surface area contributed by atoms with E-state index in [1.165, 1.54) is 7.11 Å². The maximum atomic E-state index is 12.2. The first-order valence-electron chi connectivity index (χ1n) is 6.31. The molecule has 0 bridgehead atoms. The molecular formula is C13H15N3O3S. The van der Waals surface area contributed by atoms with Crippen LogP contribution in [0, 0.1) is 23.7 Å². The van der Waals surface area contributed by atoms with Gasteiger partial charge >= 0.3 is 5.97 Å². The van der Waals surface area contributed by atoms with E-state index in [-0.39, 0.29) is 5.91 Å². The lowest BCUT2D eigenvalue weighted by molar-refractivity contribution is -0.122. The summed E-state index contributed by atoms with van der Waals surface area (Å²) in [6, 6.07) is 2.13. The normalized spacial score (nSPS) is 16.4. The number of methoxy groups -OCH3 is 1. The molecule has 1 aliphatic carbocycles. The summed E-state index contributed by atoms with van der Waals surface area (Å²) in [4.78, 5) is 28.2. The number of thiazole rings is 1. The van der Waals surface area contributed by atoms with Crippen LogP contribution in [-0.2, 0) is 9.53 Å². The zero-order valence-corrected chi connectivity index (χ0v) is 12.2. The maximum Gasteiger partial charge on any atom is 0.350 e. The summed E-state index contributed by atoms with van der Waals surface area (Å²) < 4.78 is 4.64. The topological polar surface area (TPSA) is 92.1 Å². The van der Waals surface area contributed by atoms with Crippen LogP contribution in [0.25, 0.3) is 0 Å². The molecule has 2 rings (SSSR count). The molecule has 1 saturated carbocycles. The summed E-state index contributed by atoms with van der Waals surface area (Å²) in [5.41, 5.74) is -0.444. The fraction of sp³-hybridized carbons (Fsp3) is 0.538. The predicted octanol–water partition coefficient (Wildman–Crippen LogP) is 2.26. The van der Waals surface area contributed by atoms with Gasteiger partial charge in [-0.3, -0.25) is 4.79 Å². The van der Waals surface area contributed by atoms with E-state index >= 15 is 0 Å². The lowest BCUT2D eigenvalue weighted by atomic mass is 9.87. The van der Waals surface area contributed by atoms with Crippen LogP contribution in [0.15, 0.2) is 0 Å². The average molecular weight is 293 g/mol. The third kappa shape index (κ3) is 2.51. The number of carbonyl (C=O) groups is 2. The summed E-state index contributed by atoms with van der Waals surface area (Å²) in [6.45, 7) is 1.67. The largest absolute Gasteiger partial charge is 0.465 e. The molecule has 1 amide bonds. The highest BCUT2D eigenvalue weighted by atomic mass is 32.1. The van der Waals surface area contributed by atoms with Crippen molar-refractivity contribution in [3.63, 3.8) is 0 Å². The number of anilines is 1. The zero-order valence-electron chi connectivity index (χ0n) is 11.4. The third-order valence-electron chi connectivity index (χ3n) is 3.49. The molecule has 1 aromatic rings. The Bertz CT molecular complexity index is 582. The van der Waals surface area contributed by atoms with Gasteiger partial charge in [0.25, 0.3) is 0 Å². The van der Waals surface area contributed by atoms with E-state index in [0.717, 1.165) is 24.2 Å². The van der Waals surface area contributed by atoms with Gasteiger partial charge in [0.1, 0.15) is 10.3 Å². The van der Waals surface area contributed by atoms with Crippen molar-refractivity contribution in [3.8, 4) is 6.07 Å². The van der Waals surface area contributed by atoms with Crippen LogP contribution in [0.3, 0.4) is 0 Å². The molecule has 20 heavy (non-hydrogen) atoms. The summed E-state index contributed by atoms with van der Waals surface area (Å²) in [5.74, 6) is -0.806. The van der Waals surface area contributed by atoms with Crippen molar-refractivity contribution in [1.29, 1.82) is 5.26 Å². The molecule has 1 aromatic heterocycles. The first-order chi connectivity index (χ1) is 9.52. The molecule has 0 aromatic carbocycles. The van der Waals surface area contributed by atoms with Crippen LogP contribution in [0.5, 0.6) is 0 Å². The van der Waals surface area contributed by atoms with Crippen molar-refractivity contribution >= 4 is 28.3 Å². The first-order valence-corrected chi connectivity index (χ1v) is 7.12. The van der Waals surface area contributed by atoms with Crippen molar-refractivity contribution in [2.45, 2.75) is 32.6 Å². The maximum absolute atomic E-state index is 12.2. The van der Waals surface area contributed by atoms with Gasteiger partial charge in [0.2, 0.25) is 5.91 Å². The van der Waals surface area contributed by atoms with Crippen LogP contribution in [0.1, 0.15) is 41.0 Å². The predicted molar refractivity (Wildman–Crippen MR) is 73.3 cm³/mol. The molecular weight excluding hydrogens is 278 g/mol. The Morgan fingerprint density at radius 3 is 2.65 bits per heavy atom. The molecule has 0 aliphatic heterocycles. The van der Waals surface area contributed by atoms with E-state index < -0.39 is 11.4 Å². The number of nitrogens with one attached hydrogen (secondary N) is 1. The summed E-state index contributed by atoms with van der Waals surface area (Å²) in [6.07, 6.45) is 2.91. The Balaban J connectivity index is 2.17. The minimum Gasteiger partial charge on any atom is -0.465 e. The van der Waals surface area contributed by atoms with Gasteiger partial charge < -0.3 is 10.1 Å². The third-order valence-corrected chi connectivity index (χ3v) is 4.55. The minimum atomic E-state index is -0.953. The molecule has 1 aliphatic rings. The van der Waals surface area contributed by atoms with Gasteiger partial charge in [-0.2, -0.15) is 5.26 Å². The standard InChI is InChI=1S/C13H15N3O3S/c1-8-9(10(17)19-2)20-12(15-8)16-11(18)13(7-14)5-3-4-6-13/h3-6H2,1-2H3,(H,15,16,18). The van der Waals surface area contributed by atoms with Crippen LogP contribution < -0.4 is 5.32 Å². The Morgan fingerprint density at radius 2 is 2.10 bits per heavy atom. The van der Waals surface area contributed by atoms with E-state index in [1.54, 1.807) is 6.92 Å². The van der Waals surface area contributed by atoms with Crippen molar-refractivity contribution in [3.05, 3.63) is 10.6 Å². The Labute approximate surface area is 120 Å². The molecule has 0 radical (unpaired) electrons. The van der Waals surface area contributed by atoms with Crippen LogP contribution in [-0.4, -0.2) is 24.0 Å². The number of aryl methyl sites for hydroxylation is 1.